The van der Waals surface area contributed by atoms with Crippen LogP contribution in [0.2, 0.25) is 0 Å². The molecule has 3 rings (SSSR count). The molecular weight excluding hydrogens is 268 g/mol. The molecule has 0 saturated carbocycles. The van der Waals surface area contributed by atoms with Crippen molar-refractivity contribution in [2.45, 2.75) is 6.42 Å². The summed E-state index contributed by atoms with van der Waals surface area (Å²) in [5, 5.41) is 11.4. The molecule has 0 fully saturated rings. The number of hydrogen-bond donors (Lipinski definition) is 1. The molecule has 104 valence electrons. The molecule has 2 aromatic rings. The van der Waals surface area contributed by atoms with Crippen molar-refractivity contribution in [3.05, 3.63) is 53.6 Å². The maximum atomic E-state index is 12.2. The Morgan fingerprint density at radius 3 is 2.67 bits per heavy atom. The van der Waals surface area contributed by atoms with Crippen molar-refractivity contribution < 1.29 is 14.3 Å². The molecule has 0 atom stereocenters. The Hall–Kier alpha value is -3.00. The van der Waals surface area contributed by atoms with E-state index in [1.807, 2.05) is 12.1 Å². The molecule has 5 nitrogen and oxygen atoms in total. The zero-order valence-electron chi connectivity index (χ0n) is 11.1. The molecule has 0 spiro atoms. The van der Waals surface area contributed by atoms with Gasteiger partial charge in [-0.15, -0.1) is 0 Å². The standard InChI is InChI=1S/C16H12N2O3/c17-8-7-11-1-4-13(5-2-11)18-16(19)12-3-6-14-15(9-12)21-10-20-14/h1-6,9H,7,10H2,(H,18,19). The quantitative estimate of drug-likeness (QED) is 0.938. The molecule has 0 saturated heterocycles. The summed E-state index contributed by atoms with van der Waals surface area (Å²) in [5.74, 6) is 1.00. The van der Waals surface area contributed by atoms with Gasteiger partial charge < -0.3 is 14.8 Å². The summed E-state index contributed by atoms with van der Waals surface area (Å²) < 4.78 is 10.5. The highest BCUT2D eigenvalue weighted by molar-refractivity contribution is 6.04. The Balaban J connectivity index is 1.72. The van der Waals surface area contributed by atoms with Crippen molar-refractivity contribution in [2.75, 3.05) is 12.1 Å². The molecule has 1 amide bonds. The Kier molecular flexibility index (Phi) is 3.44. The van der Waals surface area contributed by atoms with Crippen LogP contribution >= 0.6 is 0 Å². The monoisotopic (exact) mass is 280 g/mol. The van der Waals surface area contributed by atoms with Crippen LogP contribution in [0.3, 0.4) is 0 Å². The van der Waals surface area contributed by atoms with E-state index in [-0.39, 0.29) is 12.7 Å². The number of carbonyl (C=O) groups is 1. The van der Waals surface area contributed by atoms with E-state index in [4.69, 9.17) is 14.7 Å². The first-order chi connectivity index (χ1) is 10.3. The second-order valence-electron chi connectivity index (χ2n) is 4.55. The maximum Gasteiger partial charge on any atom is 0.255 e. The number of benzene rings is 2. The molecule has 1 heterocycles. The summed E-state index contributed by atoms with van der Waals surface area (Å²) in [5.41, 5.74) is 2.10. The average Bonchev–Trinajstić information content (AvgIpc) is 2.97. The second kappa shape index (κ2) is 5.55. The molecule has 0 aliphatic carbocycles. The number of carbonyl (C=O) groups excluding carboxylic acids is 1. The van der Waals surface area contributed by atoms with E-state index in [0.717, 1.165) is 5.56 Å². The summed E-state index contributed by atoms with van der Waals surface area (Å²) in [6.45, 7) is 0.181. The molecule has 5 heteroatoms. The Morgan fingerprint density at radius 1 is 1.14 bits per heavy atom. The van der Waals surface area contributed by atoms with E-state index >= 15 is 0 Å². The Labute approximate surface area is 121 Å². The van der Waals surface area contributed by atoms with Gasteiger partial charge in [-0.25, -0.2) is 0 Å². The minimum Gasteiger partial charge on any atom is -0.454 e. The number of nitrogens with one attached hydrogen (secondary N) is 1. The molecule has 1 aliphatic rings. The number of nitriles is 1. The van der Waals surface area contributed by atoms with Crippen LogP contribution in [0.4, 0.5) is 5.69 Å². The van der Waals surface area contributed by atoms with Crippen LogP contribution < -0.4 is 14.8 Å². The van der Waals surface area contributed by atoms with Crippen LogP contribution in [0.25, 0.3) is 0 Å². The van der Waals surface area contributed by atoms with E-state index in [1.165, 1.54) is 0 Å². The van der Waals surface area contributed by atoms with Gasteiger partial charge in [0.25, 0.3) is 5.91 Å². The lowest BCUT2D eigenvalue weighted by molar-refractivity contribution is 0.102. The normalized spacial score (nSPS) is 11.8. The van der Waals surface area contributed by atoms with Crippen molar-refractivity contribution in [2.24, 2.45) is 0 Å². The van der Waals surface area contributed by atoms with Crippen molar-refractivity contribution >= 4 is 11.6 Å². The van der Waals surface area contributed by atoms with Gasteiger partial charge in [0, 0.05) is 11.3 Å². The van der Waals surface area contributed by atoms with Gasteiger partial charge in [-0.1, -0.05) is 12.1 Å². The minimum absolute atomic E-state index is 0.181. The second-order valence-corrected chi connectivity index (χ2v) is 4.55. The fourth-order valence-electron chi connectivity index (χ4n) is 2.04. The fraction of sp³-hybridized carbons (Fsp3) is 0.125. The van der Waals surface area contributed by atoms with Gasteiger partial charge in [-0.05, 0) is 35.9 Å². The number of amides is 1. The highest BCUT2D eigenvalue weighted by Crippen LogP contribution is 2.32. The largest absolute Gasteiger partial charge is 0.454 e. The maximum absolute atomic E-state index is 12.2. The number of nitrogens with zero attached hydrogens (tertiary/aromatic N) is 1. The third-order valence-corrected chi connectivity index (χ3v) is 3.13. The van der Waals surface area contributed by atoms with Crippen LogP contribution in [0, 0.1) is 11.3 Å². The molecule has 0 bridgehead atoms. The van der Waals surface area contributed by atoms with Crippen molar-refractivity contribution in [1.29, 1.82) is 5.26 Å². The van der Waals surface area contributed by atoms with Gasteiger partial charge >= 0.3 is 0 Å². The van der Waals surface area contributed by atoms with E-state index < -0.39 is 0 Å². The Morgan fingerprint density at radius 2 is 1.90 bits per heavy atom. The van der Waals surface area contributed by atoms with Crippen LogP contribution in [0.5, 0.6) is 11.5 Å². The van der Waals surface area contributed by atoms with Gasteiger partial charge in [-0.3, -0.25) is 4.79 Å². The molecule has 1 N–H and O–H groups in total. The highest BCUT2D eigenvalue weighted by Gasteiger charge is 2.16. The summed E-state index contributed by atoms with van der Waals surface area (Å²) in [6, 6.07) is 14.3. The van der Waals surface area contributed by atoms with Gasteiger partial charge in [0.2, 0.25) is 6.79 Å². The topological polar surface area (TPSA) is 71.4 Å². The Bertz CT molecular complexity index is 717. The summed E-state index contributed by atoms with van der Waals surface area (Å²) in [4.78, 5) is 12.2. The lowest BCUT2D eigenvalue weighted by Crippen LogP contribution is -2.11. The van der Waals surface area contributed by atoms with E-state index in [2.05, 4.69) is 11.4 Å². The first-order valence-corrected chi connectivity index (χ1v) is 6.43. The van der Waals surface area contributed by atoms with Crippen LogP contribution in [-0.2, 0) is 6.42 Å². The smallest absolute Gasteiger partial charge is 0.255 e. The number of fused-ring (bicyclic) bond motifs is 1. The first-order valence-electron chi connectivity index (χ1n) is 6.43. The van der Waals surface area contributed by atoms with Gasteiger partial charge in [-0.2, -0.15) is 5.26 Å². The minimum atomic E-state index is -0.221. The SMILES string of the molecule is N#CCc1ccc(NC(=O)c2ccc3c(c2)OCO3)cc1. The summed E-state index contributed by atoms with van der Waals surface area (Å²) in [6.07, 6.45) is 0.358. The number of ether oxygens (including phenoxy) is 2. The van der Waals surface area contributed by atoms with Crippen LogP contribution in [-0.4, -0.2) is 12.7 Å². The third-order valence-electron chi connectivity index (χ3n) is 3.13. The zero-order valence-corrected chi connectivity index (χ0v) is 11.1. The van der Waals surface area contributed by atoms with Crippen LogP contribution in [0.15, 0.2) is 42.5 Å². The number of rotatable bonds is 3. The van der Waals surface area contributed by atoms with E-state index in [0.29, 0.717) is 29.2 Å². The molecule has 0 unspecified atom stereocenters. The predicted octanol–water partition coefficient (Wildman–Crippen LogP) is 2.73. The summed E-state index contributed by atoms with van der Waals surface area (Å²) >= 11 is 0. The highest BCUT2D eigenvalue weighted by atomic mass is 16.7. The van der Waals surface area contributed by atoms with Crippen LogP contribution in [0.1, 0.15) is 15.9 Å². The van der Waals surface area contributed by atoms with Crippen molar-refractivity contribution in [3.8, 4) is 17.6 Å². The van der Waals surface area contributed by atoms with Gasteiger partial charge in [0.05, 0.1) is 12.5 Å². The molecule has 1 aliphatic heterocycles. The van der Waals surface area contributed by atoms with Gasteiger partial charge in [0.1, 0.15) is 0 Å². The fourth-order valence-corrected chi connectivity index (χ4v) is 2.04. The van der Waals surface area contributed by atoms with E-state index in [9.17, 15) is 4.79 Å². The molecule has 0 aromatic heterocycles. The average molecular weight is 280 g/mol. The number of hydrogen-bond acceptors (Lipinski definition) is 4. The third kappa shape index (κ3) is 2.79. The zero-order chi connectivity index (χ0) is 14.7. The number of anilines is 1. The molecular formula is C16H12N2O3. The predicted molar refractivity (Wildman–Crippen MR) is 76.3 cm³/mol. The summed E-state index contributed by atoms with van der Waals surface area (Å²) in [7, 11) is 0. The molecule has 21 heavy (non-hydrogen) atoms. The van der Waals surface area contributed by atoms with Gasteiger partial charge in [0.15, 0.2) is 11.5 Å². The molecule has 2 aromatic carbocycles. The van der Waals surface area contributed by atoms with E-state index in [1.54, 1.807) is 30.3 Å². The van der Waals surface area contributed by atoms with Crippen molar-refractivity contribution in [1.82, 2.24) is 0 Å². The first kappa shape index (κ1) is 13.0. The lowest BCUT2D eigenvalue weighted by atomic mass is 10.1. The molecule has 0 radical (unpaired) electrons. The van der Waals surface area contributed by atoms with Crippen molar-refractivity contribution in [3.63, 3.8) is 0 Å². The lowest BCUT2D eigenvalue weighted by Gasteiger charge is -2.06.